The van der Waals surface area contributed by atoms with Crippen molar-refractivity contribution in [3.8, 4) is 11.8 Å². The molecule has 1 N–H and O–H groups in total. The average molecular weight is 309 g/mol. The van der Waals surface area contributed by atoms with Crippen molar-refractivity contribution in [3.63, 3.8) is 0 Å². The highest BCUT2D eigenvalue weighted by Gasteiger charge is 2.11. The summed E-state index contributed by atoms with van der Waals surface area (Å²) in [6.45, 7) is 2.56. The number of benzene rings is 2. The molecule has 4 heteroatoms. The lowest BCUT2D eigenvalue weighted by atomic mass is 9.95. The Hall–Kier alpha value is -2.80. The van der Waals surface area contributed by atoms with Crippen molar-refractivity contribution < 1.29 is 14.6 Å². The first kappa shape index (κ1) is 16.6. The predicted octanol–water partition coefficient (Wildman–Crippen LogP) is 4.16. The normalized spacial score (nSPS) is 11.5. The molecule has 0 radical (unpaired) electrons. The smallest absolute Gasteiger partial charge is 0.335 e. The Bertz CT molecular complexity index is 701. The van der Waals surface area contributed by atoms with Gasteiger partial charge in [-0.25, -0.2) is 4.79 Å². The van der Waals surface area contributed by atoms with Crippen molar-refractivity contribution in [1.29, 1.82) is 5.26 Å². The largest absolute Gasteiger partial charge is 0.494 e. The fourth-order valence-electron chi connectivity index (χ4n) is 2.35. The molecule has 0 bridgehead atoms. The van der Waals surface area contributed by atoms with E-state index in [1.54, 1.807) is 12.1 Å². The van der Waals surface area contributed by atoms with Crippen molar-refractivity contribution in [1.82, 2.24) is 0 Å². The molecule has 0 heterocycles. The molecule has 1 unspecified atom stereocenters. The summed E-state index contributed by atoms with van der Waals surface area (Å²) < 4.78 is 5.68. The van der Waals surface area contributed by atoms with Crippen LogP contribution in [0.25, 0.3) is 0 Å². The topological polar surface area (TPSA) is 70.3 Å². The van der Waals surface area contributed by atoms with Crippen LogP contribution in [-0.2, 0) is 0 Å². The fraction of sp³-hybridized carbons (Fsp3) is 0.263. The van der Waals surface area contributed by atoms with E-state index < -0.39 is 5.97 Å². The molecule has 0 spiro atoms. The van der Waals surface area contributed by atoms with Crippen LogP contribution in [0.1, 0.15) is 40.2 Å². The van der Waals surface area contributed by atoms with E-state index >= 15 is 0 Å². The molecule has 0 saturated carbocycles. The van der Waals surface area contributed by atoms with Gasteiger partial charge in [-0.05, 0) is 55.2 Å². The zero-order chi connectivity index (χ0) is 16.7. The van der Waals surface area contributed by atoms with E-state index in [2.05, 4.69) is 6.07 Å². The Labute approximate surface area is 136 Å². The predicted molar refractivity (Wildman–Crippen MR) is 87.7 cm³/mol. The number of aryl methyl sites for hydroxylation is 1. The van der Waals surface area contributed by atoms with Crippen LogP contribution in [0.15, 0.2) is 48.5 Å². The third-order valence-corrected chi connectivity index (χ3v) is 3.61. The quantitative estimate of drug-likeness (QED) is 0.780. The molecule has 0 aromatic heterocycles. The molecule has 0 fully saturated rings. The van der Waals surface area contributed by atoms with E-state index in [-0.39, 0.29) is 11.5 Å². The first-order chi connectivity index (χ1) is 11.1. The number of nitriles is 1. The maximum Gasteiger partial charge on any atom is 0.335 e. The van der Waals surface area contributed by atoms with Gasteiger partial charge in [0.1, 0.15) is 5.75 Å². The minimum atomic E-state index is -0.961. The van der Waals surface area contributed by atoms with Crippen molar-refractivity contribution in [2.45, 2.75) is 25.7 Å². The second-order valence-corrected chi connectivity index (χ2v) is 5.42. The first-order valence-corrected chi connectivity index (χ1v) is 7.52. The molecule has 0 amide bonds. The van der Waals surface area contributed by atoms with Gasteiger partial charge in [0.05, 0.1) is 24.2 Å². The highest BCUT2D eigenvalue weighted by Crippen LogP contribution is 2.21. The molecule has 0 aliphatic heterocycles. The molecular formula is C19H19NO3. The Balaban J connectivity index is 1.85. The van der Waals surface area contributed by atoms with Crippen molar-refractivity contribution in [2.24, 2.45) is 0 Å². The molecule has 0 aliphatic carbocycles. The van der Waals surface area contributed by atoms with E-state index in [0.717, 1.165) is 23.3 Å². The Morgan fingerprint density at radius 2 is 2.00 bits per heavy atom. The number of nitrogens with zero attached hydrogens (tertiary/aromatic N) is 1. The Kier molecular flexibility index (Phi) is 5.76. The summed E-state index contributed by atoms with van der Waals surface area (Å²) in [5, 5.41) is 18.2. The van der Waals surface area contributed by atoms with Crippen LogP contribution >= 0.6 is 0 Å². The second kappa shape index (κ2) is 8.00. The summed E-state index contributed by atoms with van der Waals surface area (Å²) >= 11 is 0. The monoisotopic (exact) mass is 309 g/mol. The van der Waals surface area contributed by atoms with Crippen molar-refractivity contribution in [3.05, 3.63) is 65.2 Å². The highest BCUT2D eigenvalue weighted by molar-refractivity contribution is 5.87. The number of aromatic carboxylic acids is 1. The number of rotatable bonds is 7. The first-order valence-electron chi connectivity index (χ1n) is 7.52. The minimum absolute atomic E-state index is 0.230. The van der Waals surface area contributed by atoms with Crippen molar-refractivity contribution in [2.75, 3.05) is 6.61 Å². The molecule has 4 nitrogen and oxygen atoms in total. The Morgan fingerprint density at radius 1 is 1.26 bits per heavy atom. The van der Waals surface area contributed by atoms with Gasteiger partial charge in [0.25, 0.3) is 0 Å². The van der Waals surface area contributed by atoms with Crippen LogP contribution in [0.2, 0.25) is 0 Å². The van der Waals surface area contributed by atoms with Gasteiger partial charge in [-0.15, -0.1) is 0 Å². The van der Waals surface area contributed by atoms with Gasteiger partial charge < -0.3 is 9.84 Å². The molecule has 0 aliphatic rings. The van der Waals surface area contributed by atoms with E-state index in [9.17, 15) is 10.1 Å². The van der Waals surface area contributed by atoms with E-state index in [1.165, 1.54) is 12.1 Å². The Morgan fingerprint density at radius 3 is 2.61 bits per heavy atom. The maximum absolute atomic E-state index is 10.8. The van der Waals surface area contributed by atoms with E-state index in [1.807, 2.05) is 31.2 Å². The fourth-order valence-corrected chi connectivity index (χ4v) is 2.35. The zero-order valence-corrected chi connectivity index (χ0v) is 13.0. The van der Waals surface area contributed by atoms with Crippen molar-refractivity contribution >= 4 is 5.97 Å². The van der Waals surface area contributed by atoms with Gasteiger partial charge in [0.15, 0.2) is 0 Å². The van der Waals surface area contributed by atoms with Crippen LogP contribution in [0.4, 0.5) is 0 Å². The second-order valence-electron chi connectivity index (χ2n) is 5.42. The number of carbonyl (C=O) groups is 1. The minimum Gasteiger partial charge on any atom is -0.494 e. The number of ether oxygens (including phenoxy) is 1. The number of carboxylic acid groups (broad SMARTS) is 1. The molecular weight excluding hydrogens is 290 g/mol. The highest BCUT2D eigenvalue weighted by atomic mass is 16.5. The summed E-state index contributed by atoms with van der Waals surface area (Å²) in [5.41, 5.74) is 2.22. The summed E-state index contributed by atoms with van der Waals surface area (Å²) in [7, 11) is 0. The third-order valence-electron chi connectivity index (χ3n) is 3.61. The molecule has 2 aromatic carbocycles. The lowest BCUT2D eigenvalue weighted by molar-refractivity contribution is 0.0697. The van der Waals surface area contributed by atoms with Crippen LogP contribution < -0.4 is 4.74 Å². The summed E-state index contributed by atoms with van der Waals surface area (Å²) in [6, 6.07) is 16.6. The summed E-state index contributed by atoms with van der Waals surface area (Å²) in [4.78, 5) is 10.8. The average Bonchev–Trinajstić information content (AvgIpc) is 2.55. The van der Waals surface area contributed by atoms with Gasteiger partial charge in [-0.3, -0.25) is 0 Å². The summed E-state index contributed by atoms with van der Waals surface area (Å²) in [6.07, 6.45) is 1.43. The van der Waals surface area contributed by atoms with Gasteiger partial charge in [-0.2, -0.15) is 5.26 Å². The lowest BCUT2D eigenvalue weighted by Crippen LogP contribution is -2.03. The molecule has 1 atom stereocenters. The van der Waals surface area contributed by atoms with Gasteiger partial charge >= 0.3 is 5.97 Å². The maximum atomic E-state index is 10.8. The summed E-state index contributed by atoms with van der Waals surface area (Å²) in [5.74, 6) is -0.375. The van der Waals surface area contributed by atoms with Crippen LogP contribution in [0, 0.1) is 18.3 Å². The van der Waals surface area contributed by atoms with E-state index in [4.69, 9.17) is 9.84 Å². The van der Waals surface area contributed by atoms with Gasteiger partial charge in [0.2, 0.25) is 0 Å². The zero-order valence-electron chi connectivity index (χ0n) is 13.0. The molecule has 23 heavy (non-hydrogen) atoms. The number of hydrogen-bond acceptors (Lipinski definition) is 3. The van der Waals surface area contributed by atoms with Gasteiger partial charge in [-0.1, -0.05) is 24.3 Å². The number of carboxylic acids is 1. The van der Waals surface area contributed by atoms with Crippen LogP contribution in [0.5, 0.6) is 5.75 Å². The molecule has 2 rings (SSSR count). The van der Waals surface area contributed by atoms with E-state index in [0.29, 0.717) is 13.0 Å². The third kappa shape index (κ3) is 4.86. The van der Waals surface area contributed by atoms with Gasteiger partial charge in [0, 0.05) is 0 Å². The molecule has 2 aromatic rings. The van der Waals surface area contributed by atoms with Crippen LogP contribution in [-0.4, -0.2) is 17.7 Å². The van der Waals surface area contributed by atoms with Crippen LogP contribution in [0.3, 0.4) is 0 Å². The number of hydrogen-bond donors (Lipinski definition) is 1. The molecule has 0 saturated heterocycles. The lowest BCUT2D eigenvalue weighted by Gasteiger charge is -2.11. The standard InChI is InChI=1S/C19H19NO3/c1-14-4-2-6-18(12-14)23-11-3-5-17(13-20)15-7-9-16(10-8-15)19(21)22/h2,4,6-10,12,17H,3,5,11H2,1H3,(H,21,22). The molecule has 118 valence electrons. The SMILES string of the molecule is Cc1cccc(OCCCC(C#N)c2ccc(C(=O)O)cc2)c1.